The van der Waals surface area contributed by atoms with Crippen LogP contribution in [-0.4, -0.2) is 43.8 Å². The summed E-state index contributed by atoms with van der Waals surface area (Å²) in [6, 6.07) is 12.2. The number of alkyl halides is 3. The fraction of sp³-hybridized carbons (Fsp3) is 0.316. The van der Waals surface area contributed by atoms with Crippen molar-refractivity contribution < 1.29 is 32.6 Å². The number of nitrogens with one attached hydrogen (secondary N) is 1. The molecule has 6 nitrogen and oxygen atoms in total. The van der Waals surface area contributed by atoms with Gasteiger partial charge in [-0.15, -0.1) is 13.2 Å². The third kappa shape index (κ3) is 4.93. The Bertz CT molecular complexity index is 806. The number of carbonyl (C=O) groups is 1. The minimum absolute atomic E-state index is 0.257. The Labute approximate surface area is 159 Å². The number of benzene rings is 2. The molecule has 0 spiro atoms. The summed E-state index contributed by atoms with van der Waals surface area (Å²) in [4.78, 5) is 14.4. The highest BCUT2D eigenvalue weighted by Crippen LogP contribution is 2.31. The van der Waals surface area contributed by atoms with Crippen LogP contribution in [0.4, 0.5) is 18.9 Å². The number of anilines is 1. The quantitative estimate of drug-likeness (QED) is 0.601. The van der Waals surface area contributed by atoms with Gasteiger partial charge in [0.25, 0.3) is 5.91 Å². The van der Waals surface area contributed by atoms with Crippen LogP contribution in [0.1, 0.15) is 17.0 Å². The van der Waals surface area contributed by atoms with Crippen molar-refractivity contribution in [1.29, 1.82) is 0 Å². The van der Waals surface area contributed by atoms with E-state index in [4.69, 9.17) is 9.94 Å². The molecule has 3 rings (SSSR count). The van der Waals surface area contributed by atoms with E-state index in [9.17, 15) is 18.0 Å². The molecular formula is C19H19F3N2O4. The largest absolute Gasteiger partial charge is 0.573 e. The van der Waals surface area contributed by atoms with Crippen molar-refractivity contribution >= 4 is 11.6 Å². The van der Waals surface area contributed by atoms with E-state index >= 15 is 0 Å². The van der Waals surface area contributed by atoms with Crippen molar-refractivity contribution in [3.8, 4) is 5.75 Å². The Morgan fingerprint density at radius 1 is 1.11 bits per heavy atom. The van der Waals surface area contributed by atoms with E-state index < -0.39 is 23.9 Å². The molecule has 1 saturated heterocycles. The fourth-order valence-corrected chi connectivity index (χ4v) is 3.15. The van der Waals surface area contributed by atoms with Gasteiger partial charge in [-0.05, 0) is 35.4 Å². The third-order valence-electron chi connectivity index (χ3n) is 4.40. The molecule has 1 amide bonds. The Morgan fingerprint density at radius 2 is 1.79 bits per heavy atom. The van der Waals surface area contributed by atoms with Gasteiger partial charge in [-0.1, -0.05) is 24.3 Å². The van der Waals surface area contributed by atoms with Crippen molar-refractivity contribution in [2.45, 2.75) is 12.3 Å². The van der Waals surface area contributed by atoms with Gasteiger partial charge >= 0.3 is 6.36 Å². The topological polar surface area (TPSA) is 71.0 Å². The lowest BCUT2D eigenvalue weighted by Gasteiger charge is -2.29. The molecule has 1 aliphatic rings. The average Bonchev–Trinajstić information content (AvgIpc) is 2.68. The summed E-state index contributed by atoms with van der Waals surface area (Å²) in [5.74, 6) is -2.20. The number of hydroxylamine groups is 1. The summed E-state index contributed by atoms with van der Waals surface area (Å²) >= 11 is 0. The molecule has 1 atom stereocenters. The first-order valence-corrected chi connectivity index (χ1v) is 8.60. The first kappa shape index (κ1) is 20.0. The molecule has 150 valence electrons. The maximum atomic E-state index is 12.5. The standard InChI is InChI=1S/C19H19F3N2O4/c20-19(21,22)28-16-3-1-2-14(12-16)17(18(25)23-26)13-4-6-15(7-5-13)24-8-10-27-11-9-24/h1-7,12,17,26H,8-11H2,(H,23,25). The number of halogens is 3. The SMILES string of the molecule is O=C(NO)C(c1ccc(N2CCOCC2)cc1)c1cccc(OC(F)(F)F)c1. The number of carbonyl (C=O) groups excluding carboxylic acids is 1. The second-order valence-electron chi connectivity index (χ2n) is 6.22. The summed E-state index contributed by atoms with van der Waals surface area (Å²) in [5.41, 5.74) is 3.31. The molecule has 0 aliphatic carbocycles. The van der Waals surface area contributed by atoms with Crippen molar-refractivity contribution in [1.82, 2.24) is 5.48 Å². The van der Waals surface area contributed by atoms with Gasteiger partial charge in [0.05, 0.1) is 19.1 Å². The molecule has 0 radical (unpaired) electrons. The molecule has 1 aliphatic heterocycles. The highest BCUT2D eigenvalue weighted by atomic mass is 19.4. The lowest BCUT2D eigenvalue weighted by molar-refractivity contribution is -0.274. The van der Waals surface area contributed by atoms with Gasteiger partial charge in [0, 0.05) is 18.8 Å². The van der Waals surface area contributed by atoms with Crippen LogP contribution in [0.25, 0.3) is 0 Å². The van der Waals surface area contributed by atoms with Gasteiger partial charge in [0.15, 0.2) is 0 Å². The predicted octanol–water partition coefficient (Wildman–Crippen LogP) is 3.06. The Morgan fingerprint density at radius 3 is 2.39 bits per heavy atom. The molecule has 1 heterocycles. The molecule has 1 unspecified atom stereocenters. The summed E-state index contributed by atoms with van der Waals surface area (Å²) in [6.45, 7) is 2.75. The number of rotatable bonds is 5. The van der Waals surface area contributed by atoms with Gasteiger partial charge in [-0.2, -0.15) is 0 Å². The molecule has 28 heavy (non-hydrogen) atoms. The number of amides is 1. The molecule has 9 heteroatoms. The number of ether oxygens (including phenoxy) is 2. The minimum Gasteiger partial charge on any atom is -0.406 e. The maximum Gasteiger partial charge on any atom is 0.573 e. The van der Waals surface area contributed by atoms with E-state index in [2.05, 4.69) is 9.64 Å². The van der Waals surface area contributed by atoms with Crippen LogP contribution >= 0.6 is 0 Å². The minimum atomic E-state index is -4.84. The molecule has 1 fully saturated rings. The number of nitrogens with zero attached hydrogens (tertiary/aromatic N) is 1. The zero-order valence-electron chi connectivity index (χ0n) is 14.8. The summed E-state index contributed by atoms with van der Waals surface area (Å²) < 4.78 is 46.7. The monoisotopic (exact) mass is 396 g/mol. The smallest absolute Gasteiger partial charge is 0.406 e. The zero-order valence-corrected chi connectivity index (χ0v) is 14.8. The Kier molecular flexibility index (Phi) is 6.05. The van der Waals surface area contributed by atoms with Crippen LogP contribution in [-0.2, 0) is 9.53 Å². The average molecular weight is 396 g/mol. The van der Waals surface area contributed by atoms with Crippen LogP contribution in [0, 0.1) is 0 Å². The van der Waals surface area contributed by atoms with E-state index in [1.807, 2.05) is 12.1 Å². The van der Waals surface area contributed by atoms with Crippen LogP contribution in [0.5, 0.6) is 5.75 Å². The molecule has 2 aromatic carbocycles. The molecule has 0 saturated carbocycles. The molecule has 0 aromatic heterocycles. The highest BCUT2D eigenvalue weighted by molar-refractivity contribution is 5.86. The normalized spacial score (nSPS) is 15.8. The third-order valence-corrected chi connectivity index (χ3v) is 4.40. The van der Waals surface area contributed by atoms with E-state index in [0.717, 1.165) is 30.9 Å². The van der Waals surface area contributed by atoms with Crippen molar-refractivity contribution in [3.05, 3.63) is 59.7 Å². The number of hydrogen-bond donors (Lipinski definition) is 2. The summed E-state index contributed by atoms with van der Waals surface area (Å²) in [6.07, 6.45) is -4.84. The summed E-state index contributed by atoms with van der Waals surface area (Å²) in [5, 5.41) is 9.11. The van der Waals surface area contributed by atoms with Crippen LogP contribution < -0.4 is 15.1 Å². The van der Waals surface area contributed by atoms with Crippen LogP contribution in [0.3, 0.4) is 0 Å². The number of morpholine rings is 1. The first-order valence-electron chi connectivity index (χ1n) is 8.60. The lowest BCUT2D eigenvalue weighted by atomic mass is 9.90. The molecule has 0 bridgehead atoms. The predicted molar refractivity (Wildman–Crippen MR) is 94.4 cm³/mol. The highest BCUT2D eigenvalue weighted by Gasteiger charge is 2.32. The van der Waals surface area contributed by atoms with E-state index in [1.165, 1.54) is 12.1 Å². The maximum absolute atomic E-state index is 12.5. The van der Waals surface area contributed by atoms with Crippen LogP contribution in [0.2, 0.25) is 0 Å². The lowest BCUT2D eigenvalue weighted by Crippen LogP contribution is -2.36. The van der Waals surface area contributed by atoms with E-state index in [1.54, 1.807) is 17.6 Å². The number of hydrogen-bond acceptors (Lipinski definition) is 5. The van der Waals surface area contributed by atoms with E-state index in [0.29, 0.717) is 18.8 Å². The van der Waals surface area contributed by atoms with Gasteiger partial charge in [-0.3, -0.25) is 10.0 Å². The Hall–Kier alpha value is -2.78. The second kappa shape index (κ2) is 8.49. The molecular weight excluding hydrogens is 377 g/mol. The van der Waals surface area contributed by atoms with Gasteiger partial charge in [0.1, 0.15) is 5.75 Å². The van der Waals surface area contributed by atoms with E-state index in [-0.39, 0.29) is 5.56 Å². The van der Waals surface area contributed by atoms with Gasteiger partial charge in [0.2, 0.25) is 0 Å². The van der Waals surface area contributed by atoms with Crippen molar-refractivity contribution in [2.24, 2.45) is 0 Å². The van der Waals surface area contributed by atoms with Crippen LogP contribution in [0.15, 0.2) is 48.5 Å². The second-order valence-corrected chi connectivity index (χ2v) is 6.22. The molecule has 2 N–H and O–H groups in total. The van der Waals surface area contributed by atoms with Gasteiger partial charge < -0.3 is 14.4 Å². The Balaban J connectivity index is 1.88. The summed E-state index contributed by atoms with van der Waals surface area (Å²) in [7, 11) is 0. The van der Waals surface area contributed by atoms with Crippen molar-refractivity contribution in [2.75, 3.05) is 31.2 Å². The first-order chi connectivity index (χ1) is 13.4. The zero-order chi connectivity index (χ0) is 20.1. The van der Waals surface area contributed by atoms with Gasteiger partial charge in [-0.25, -0.2) is 5.48 Å². The van der Waals surface area contributed by atoms with Crippen molar-refractivity contribution in [3.63, 3.8) is 0 Å². The molecule has 2 aromatic rings. The fourth-order valence-electron chi connectivity index (χ4n) is 3.15.